The molecule has 0 heterocycles. The smallest absolute Gasteiger partial charge is 0.273 e. The summed E-state index contributed by atoms with van der Waals surface area (Å²) in [5, 5.41) is 13.9. The zero-order chi connectivity index (χ0) is 15.4. The number of carbonyl (C=O) groups excluding carboxylic acids is 1. The molecule has 1 aliphatic carbocycles. The predicted molar refractivity (Wildman–Crippen MR) is 85.6 cm³/mol. The first-order valence-electron chi connectivity index (χ1n) is 7.42. The third-order valence-electron chi connectivity index (χ3n) is 3.87. The van der Waals surface area contributed by atoms with Crippen LogP contribution >= 0.6 is 0 Å². The first-order chi connectivity index (χ1) is 10.7. The molecular weight excluding hydrogens is 276 g/mol. The van der Waals surface area contributed by atoms with Gasteiger partial charge >= 0.3 is 0 Å². The molecule has 3 rings (SSSR count). The van der Waals surface area contributed by atoms with E-state index in [1.165, 1.54) is 17.5 Å². The number of nitrogens with one attached hydrogen (secondary N) is 1. The predicted octanol–water partition coefficient (Wildman–Crippen LogP) is 2.36. The van der Waals surface area contributed by atoms with E-state index in [1.807, 2.05) is 12.1 Å². The van der Waals surface area contributed by atoms with Gasteiger partial charge in [-0.2, -0.15) is 5.10 Å². The normalized spacial score (nSPS) is 14.8. The highest BCUT2D eigenvalue weighted by Gasteiger charge is 2.16. The van der Waals surface area contributed by atoms with Crippen molar-refractivity contribution in [3.8, 4) is 0 Å². The van der Waals surface area contributed by atoms with Gasteiger partial charge in [0.15, 0.2) is 6.10 Å². The van der Waals surface area contributed by atoms with E-state index in [-0.39, 0.29) is 0 Å². The van der Waals surface area contributed by atoms with E-state index < -0.39 is 12.0 Å². The van der Waals surface area contributed by atoms with Crippen molar-refractivity contribution in [1.29, 1.82) is 0 Å². The van der Waals surface area contributed by atoms with Crippen LogP contribution in [0.1, 0.15) is 34.8 Å². The quantitative estimate of drug-likeness (QED) is 0.671. The summed E-state index contributed by atoms with van der Waals surface area (Å²) in [6, 6.07) is 15.0. The molecule has 112 valence electrons. The van der Waals surface area contributed by atoms with Crippen molar-refractivity contribution >= 4 is 12.1 Å². The van der Waals surface area contributed by atoms with E-state index in [4.69, 9.17) is 0 Å². The van der Waals surface area contributed by atoms with Gasteiger partial charge in [0.05, 0.1) is 6.21 Å². The third kappa shape index (κ3) is 3.23. The van der Waals surface area contributed by atoms with Gasteiger partial charge in [-0.05, 0) is 47.6 Å². The number of rotatable bonds is 4. The van der Waals surface area contributed by atoms with Crippen molar-refractivity contribution < 1.29 is 9.90 Å². The van der Waals surface area contributed by atoms with Gasteiger partial charge in [-0.1, -0.05) is 42.5 Å². The molecule has 0 unspecified atom stereocenters. The van der Waals surface area contributed by atoms with Crippen molar-refractivity contribution in [2.75, 3.05) is 0 Å². The monoisotopic (exact) mass is 294 g/mol. The largest absolute Gasteiger partial charge is 0.378 e. The van der Waals surface area contributed by atoms with Crippen LogP contribution in [0.2, 0.25) is 0 Å². The molecule has 22 heavy (non-hydrogen) atoms. The Kier molecular flexibility index (Phi) is 4.30. The Labute approximate surface area is 129 Å². The van der Waals surface area contributed by atoms with Crippen LogP contribution in [0, 0.1) is 0 Å². The van der Waals surface area contributed by atoms with Gasteiger partial charge in [-0.25, -0.2) is 5.43 Å². The SMILES string of the molecule is O=C(NN=Cc1ccc2c(c1)CCC2)[C@H](O)c1ccccc1. The maximum atomic E-state index is 11.8. The second kappa shape index (κ2) is 6.54. The highest BCUT2D eigenvalue weighted by molar-refractivity contribution is 5.85. The summed E-state index contributed by atoms with van der Waals surface area (Å²) in [6.45, 7) is 0. The van der Waals surface area contributed by atoms with Crippen LogP contribution in [0.5, 0.6) is 0 Å². The molecule has 4 heteroatoms. The number of hydrogen-bond acceptors (Lipinski definition) is 3. The topological polar surface area (TPSA) is 61.7 Å². The molecule has 1 atom stereocenters. The fourth-order valence-corrected chi connectivity index (χ4v) is 2.69. The van der Waals surface area contributed by atoms with Gasteiger partial charge in [0.25, 0.3) is 5.91 Å². The number of amides is 1. The van der Waals surface area contributed by atoms with Crippen LogP contribution in [0.15, 0.2) is 53.6 Å². The molecule has 2 N–H and O–H groups in total. The van der Waals surface area contributed by atoms with E-state index in [0.29, 0.717) is 5.56 Å². The Balaban J connectivity index is 1.61. The highest BCUT2D eigenvalue weighted by atomic mass is 16.3. The number of carbonyl (C=O) groups is 1. The molecule has 0 aliphatic heterocycles. The molecule has 2 aromatic carbocycles. The summed E-state index contributed by atoms with van der Waals surface area (Å²) in [4.78, 5) is 11.8. The third-order valence-corrected chi connectivity index (χ3v) is 3.87. The van der Waals surface area contributed by atoms with Gasteiger partial charge in [0.2, 0.25) is 0 Å². The van der Waals surface area contributed by atoms with Gasteiger partial charge in [0, 0.05) is 0 Å². The molecule has 0 radical (unpaired) electrons. The van der Waals surface area contributed by atoms with Crippen molar-refractivity contribution in [3.05, 3.63) is 70.8 Å². The summed E-state index contributed by atoms with van der Waals surface area (Å²) in [6.07, 6.45) is 3.85. The second-order valence-corrected chi connectivity index (χ2v) is 5.43. The lowest BCUT2D eigenvalue weighted by Gasteiger charge is -2.08. The molecule has 1 aliphatic rings. The molecule has 1 amide bonds. The van der Waals surface area contributed by atoms with E-state index in [0.717, 1.165) is 18.4 Å². The van der Waals surface area contributed by atoms with Crippen LogP contribution < -0.4 is 5.43 Å². The fourth-order valence-electron chi connectivity index (χ4n) is 2.69. The highest BCUT2D eigenvalue weighted by Crippen LogP contribution is 2.22. The number of aliphatic hydroxyl groups is 1. The van der Waals surface area contributed by atoms with Gasteiger partial charge < -0.3 is 5.11 Å². The minimum Gasteiger partial charge on any atom is -0.378 e. The van der Waals surface area contributed by atoms with Crippen molar-refractivity contribution in [2.24, 2.45) is 5.10 Å². The van der Waals surface area contributed by atoms with Crippen LogP contribution in [0.4, 0.5) is 0 Å². The first kappa shape index (κ1) is 14.5. The van der Waals surface area contributed by atoms with Crippen molar-refractivity contribution in [2.45, 2.75) is 25.4 Å². The molecule has 4 nitrogen and oxygen atoms in total. The number of hydrazone groups is 1. The van der Waals surface area contributed by atoms with E-state index in [1.54, 1.807) is 30.5 Å². The molecule has 0 saturated carbocycles. The molecule has 2 aromatic rings. The van der Waals surface area contributed by atoms with Crippen molar-refractivity contribution in [3.63, 3.8) is 0 Å². The van der Waals surface area contributed by atoms with Crippen LogP contribution in [-0.2, 0) is 17.6 Å². The lowest BCUT2D eigenvalue weighted by Crippen LogP contribution is -2.25. The zero-order valence-corrected chi connectivity index (χ0v) is 12.2. The van der Waals surface area contributed by atoms with Crippen LogP contribution in [0.3, 0.4) is 0 Å². The second-order valence-electron chi connectivity index (χ2n) is 5.43. The number of aryl methyl sites for hydroxylation is 2. The number of benzene rings is 2. The number of aliphatic hydroxyl groups excluding tert-OH is 1. The summed E-state index contributed by atoms with van der Waals surface area (Å²) in [5.41, 5.74) is 6.64. The summed E-state index contributed by atoms with van der Waals surface area (Å²) >= 11 is 0. The average Bonchev–Trinajstić information content (AvgIpc) is 3.02. The number of nitrogens with zero attached hydrogens (tertiary/aromatic N) is 1. The fraction of sp³-hybridized carbons (Fsp3) is 0.222. The molecule has 0 spiro atoms. The maximum Gasteiger partial charge on any atom is 0.273 e. The van der Waals surface area contributed by atoms with Gasteiger partial charge in [-0.15, -0.1) is 0 Å². The van der Waals surface area contributed by atoms with Crippen molar-refractivity contribution in [1.82, 2.24) is 5.43 Å². The lowest BCUT2D eigenvalue weighted by molar-refractivity contribution is -0.129. The Morgan fingerprint density at radius 2 is 1.91 bits per heavy atom. The summed E-state index contributed by atoms with van der Waals surface area (Å²) in [5.74, 6) is -0.538. The summed E-state index contributed by atoms with van der Waals surface area (Å²) < 4.78 is 0. The van der Waals surface area contributed by atoms with Gasteiger partial charge in [-0.3, -0.25) is 4.79 Å². The zero-order valence-electron chi connectivity index (χ0n) is 12.2. The standard InChI is InChI=1S/C18H18N2O2/c21-17(15-5-2-1-3-6-15)18(22)20-19-12-13-9-10-14-7-4-8-16(14)11-13/h1-3,5-6,9-12,17,21H,4,7-8H2,(H,20,22)/t17-/m1/s1. The molecule has 0 saturated heterocycles. The number of hydrogen-bond donors (Lipinski definition) is 2. The minimum absolute atomic E-state index is 0.538. The van der Waals surface area contributed by atoms with E-state index >= 15 is 0 Å². The Bertz CT molecular complexity index is 695. The molecule has 0 aromatic heterocycles. The van der Waals surface area contributed by atoms with E-state index in [2.05, 4.69) is 22.7 Å². The Morgan fingerprint density at radius 1 is 1.14 bits per heavy atom. The molecular formula is C18H18N2O2. The first-order valence-corrected chi connectivity index (χ1v) is 7.42. The minimum atomic E-state index is -1.21. The Hall–Kier alpha value is -2.46. The summed E-state index contributed by atoms with van der Waals surface area (Å²) in [7, 11) is 0. The Morgan fingerprint density at radius 3 is 2.73 bits per heavy atom. The van der Waals surface area contributed by atoms with Crippen LogP contribution in [-0.4, -0.2) is 17.2 Å². The number of fused-ring (bicyclic) bond motifs is 1. The molecule has 0 fully saturated rings. The van der Waals surface area contributed by atoms with E-state index in [9.17, 15) is 9.90 Å². The van der Waals surface area contributed by atoms with Crippen LogP contribution in [0.25, 0.3) is 0 Å². The lowest BCUT2D eigenvalue weighted by atomic mass is 10.1. The maximum absolute atomic E-state index is 11.8. The van der Waals surface area contributed by atoms with Gasteiger partial charge in [0.1, 0.15) is 0 Å². The average molecular weight is 294 g/mol. The molecule has 0 bridgehead atoms.